The van der Waals surface area contributed by atoms with E-state index in [9.17, 15) is 5.11 Å². The summed E-state index contributed by atoms with van der Waals surface area (Å²) in [6.45, 7) is 1.75. The summed E-state index contributed by atoms with van der Waals surface area (Å²) in [6, 6.07) is 9.90. The molecule has 1 aliphatic carbocycles. The van der Waals surface area contributed by atoms with E-state index in [1.165, 1.54) is 0 Å². The van der Waals surface area contributed by atoms with Crippen LogP contribution in [0.25, 0.3) is 0 Å². The predicted molar refractivity (Wildman–Crippen MR) is 66.5 cm³/mol. The lowest BCUT2D eigenvalue weighted by atomic mass is 10.1. The first-order valence-corrected chi connectivity index (χ1v) is 6.46. The first-order chi connectivity index (χ1) is 8.81. The normalized spacial score (nSPS) is 38.2. The van der Waals surface area contributed by atoms with Crippen molar-refractivity contribution in [2.75, 3.05) is 13.2 Å². The van der Waals surface area contributed by atoms with E-state index in [0.717, 1.165) is 5.56 Å². The molecule has 3 rings (SSSR count). The van der Waals surface area contributed by atoms with Gasteiger partial charge in [-0.1, -0.05) is 30.3 Å². The molecule has 0 aromatic heterocycles. The second-order valence-electron chi connectivity index (χ2n) is 5.13. The fourth-order valence-electron chi connectivity index (χ4n) is 2.93. The first kappa shape index (κ1) is 12.1. The number of aliphatic hydroxyl groups is 1. The third-order valence-corrected chi connectivity index (χ3v) is 4.05. The van der Waals surface area contributed by atoms with Gasteiger partial charge in [-0.05, 0) is 29.9 Å². The van der Waals surface area contributed by atoms with Gasteiger partial charge in [0.25, 0.3) is 0 Å². The molecule has 0 bridgehead atoms. The Morgan fingerprint density at radius 3 is 2.83 bits per heavy atom. The van der Waals surface area contributed by atoms with E-state index in [0.29, 0.717) is 31.6 Å². The molecular formula is C14H19NO3. The van der Waals surface area contributed by atoms with Gasteiger partial charge in [-0.2, -0.15) is 0 Å². The summed E-state index contributed by atoms with van der Waals surface area (Å²) in [4.78, 5) is 0. The number of hydrogen-bond acceptors (Lipinski definition) is 4. The van der Waals surface area contributed by atoms with Crippen molar-refractivity contribution in [1.82, 2.24) is 0 Å². The largest absolute Gasteiger partial charge is 0.388 e. The summed E-state index contributed by atoms with van der Waals surface area (Å²) >= 11 is 0. The van der Waals surface area contributed by atoms with Crippen LogP contribution in [0.2, 0.25) is 0 Å². The number of nitrogens with two attached hydrogens (primary N) is 1. The van der Waals surface area contributed by atoms with E-state index in [4.69, 9.17) is 15.2 Å². The monoisotopic (exact) mass is 249 g/mol. The number of aliphatic hydroxyl groups excluding tert-OH is 1. The standard InChI is InChI=1S/C14H19NO3/c15-6-10-11-8-18-14(13(16)12(10)11)17-7-9-4-2-1-3-5-9/h1-5,10-14,16H,6-8,15H2. The summed E-state index contributed by atoms with van der Waals surface area (Å²) in [5.41, 5.74) is 6.74. The Hall–Kier alpha value is -0.940. The van der Waals surface area contributed by atoms with E-state index >= 15 is 0 Å². The molecule has 18 heavy (non-hydrogen) atoms. The lowest BCUT2D eigenvalue weighted by molar-refractivity contribution is -0.223. The van der Waals surface area contributed by atoms with E-state index in [1.807, 2.05) is 30.3 Å². The second kappa shape index (κ2) is 4.97. The molecule has 2 fully saturated rings. The van der Waals surface area contributed by atoms with Crippen LogP contribution in [0.1, 0.15) is 5.56 Å². The smallest absolute Gasteiger partial charge is 0.184 e. The number of ether oxygens (including phenoxy) is 2. The van der Waals surface area contributed by atoms with Crippen LogP contribution in [0, 0.1) is 17.8 Å². The molecule has 1 saturated heterocycles. The maximum Gasteiger partial charge on any atom is 0.184 e. The van der Waals surface area contributed by atoms with Crippen molar-refractivity contribution in [1.29, 1.82) is 0 Å². The van der Waals surface area contributed by atoms with Gasteiger partial charge in [0.05, 0.1) is 13.2 Å². The van der Waals surface area contributed by atoms with E-state index in [1.54, 1.807) is 0 Å². The lowest BCUT2D eigenvalue weighted by Gasteiger charge is -2.27. The van der Waals surface area contributed by atoms with Gasteiger partial charge in [0, 0.05) is 0 Å². The minimum absolute atomic E-state index is 0.268. The fraction of sp³-hybridized carbons (Fsp3) is 0.571. The Morgan fingerprint density at radius 1 is 1.33 bits per heavy atom. The van der Waals surface area contributed by atoms with Gasteiger partial charge in [-0.25, -0.2) is 0 Å². The molecule has 4 nitrogen and oxygen atoms in total. The maximum absolute atomic E-state index is 10.2. The number of fused-ring (bicyclic) bond motifs is 1. The Kier molecular flexibility index (Phi) is 3.35. The highest BCUT2D eigenvalue weighted by molar-refractivity contribution is 5.13. The molecule has 1 heterocycles. The summed E-state index contributed by atoms with van der Waals surface area (Å²) in [5, 5.41) is 10.2. The quantitative estimate of drug-likeness (QED) is 0.826. The molecule has 0 spiro atoms. The molecule has 4 heteroatoms. The topological polar surface area (TPSA) is 64.7 Å². The summed E-state index contributed by atoms with van der Waals surface area (Å²) in [6.07, 6.45) is -1.05. The zero-order valence-electron chi connectivity index (χ0n) is 10.2. The zero-order valence-corrected chi connectivity index (χ0v) is 10.2. The van der Waals surface area contributed by atoms with Gasteiger partial charge in [-0.3, -0.25) is 0 Å². The van der Waals surface area contributed by atoms with Crippen molar-refractivity contribution in [2.45, 2.75) is 19.0 Å². The van der Waals surface area contributed by atoms with Crippen LogP contribution in [-0.4, -0.2) is 30.7 Å². The van der Waals surface area contributed by atoms with Crippen LogP contribution in [0.5, 0.6) is 0 Å². The second-order valence-corrected chi connectivity index (χ2v) is 5.13. The number of hydrogen-bond donors (Lipinski definition) is 2. The molecule has 1 aromatic rings. The molecule has 1 saturated carbocycles. The highest BCUT2D eigenvalue weighted by Crippen LogP contribution is 2.52. The summed E-state index contributed by atoms with van der Waals surface area (Å²) in [5.74, 6) is 1.11. The third-order valence-electron chi connectivity index (χ3n) is 4.05. The summed E-state index contributed by atoms with van der Waals surface area (Å²) < 4.78 is 11.2. The van der Waals surface area contributed by atoms with Crippen LogP contribution in [-0.2, 0) is 16.1 Å². The van der Waals surface area contributed by atoms with Crippen LogP contribution in [0.4, 0.5) is 0 Å². The van der Waals surface area contributed by atoms with Crippen LogP contribution in [0.15, 0.2) is 30.3 Å². The van der Waals surface area contributed by atoms with Gasteiger partial charge in [-0.15, -0.1) is 0 Å². The lowest BCUT2D eigenvalue weighted by Crippen LogP contribution is -2.38. The molecule has 1 aromatic carbocycles. The van der Waals surface area contributed by atoms with Crippen LogP contribution < -0.4 is 5.73 Å². The maximum atomic E-state index is 10.2. The van der Waals surface area contributed by atoms with Crippen molar-refractivity contribution < 1.29 is 14.6 Å². The van der Waals surface area contributed by atoms with Gasteiger partial charge in [0.1, 0.15) is 6.10 Å². The Morgan fingerprint density at radius 2 is 2.11 bits per heavy atom. The molecule has 0 radical (unpaired) electrons. The fourth-order valence-corrected chi connectivity index (χ4v) is 2.93. The van der Waals surface area contributed by atoms with Crippen LogP contribution in [0.3, 0.4) is 0 Å². The minimum atomic E-state index is -0.541. The predicted octanol–water partition coefficient (Wildman–Crippen LogP) is 0.741. The van der Waals surface area contributed by atoms with Crippen molar-refractivity contribution in [3.8, 4) is 0 Å². The average Bonchev–Trinajstić information content (AvgIpc) is 3.13. The first-order valence-electron chi connectivity index (χ1n) is 6.46. The highest BCUT2D eigenvalue weighted by Gasteiger charge is 2.58. The van der Waals surface area contributed by atoms with Gasteiger partial charge < -0.3 is 20.3 Å². The van der Waals surface area contributed by atoms with Crippen molar-refractivity contribution in [2.24, 2.45) is 23.5 Å². The van der Waals surface area contributed by atoms with Crippen LogP contribution >= 0.6 is 0 Å². The number of benzene rings is 1. The number of rotatable bonds is 4. The van der Waals surface area contributed by atoms with Crippen molar-refractivity contribution in [3.05, 3.63) is 35.9 Å². The molecule has 2 aliphatic rings. The molecule has 98 valence electrons. The molecule has 5 atom stereocenters. The molecule has 0 amide bonds. The van der Waals surface area contributed by atoms with E-state index in [-0.39, 0.29) is 5.92 Å². The minimum Gasteiger partial charge on any atom is -0.388 e. The Bertz CT molecular complexity index is 393. The molecular weight excluding hydrogens is 230 g/mol. The van der Waals surface area contributed by atoms with E-state index in [2.05, 4.69) is 0 Å². The highest BCUT2D eigenvalue weighted by atomic mass is 16.7. The van der Waals surface area contributed by atoms with Crippen molar-refractivity contribution in [3.63, 3.8) is 0 Å². The molecule has 5 unspecified atom stereocenters. The Balaban J connectivity index is 1.55. The SMILES string of the molecule is NCC1C2COC(OCc3ccccc3)C(O)C12. The zero-order chi connectivity index (χ0) is 12.5. The molecule has 1 aliphatic heterocycles. The van der Waals surface area contributed by atoms with Gasteiger partial charge >= 0.3 is 0 Å². The summed E-state index contributed by atoms with van der Waals surface area (Å²) in [7, 11) is 0. The third kappa shape index (κ3) is 2.17. The molecule has 3 N–H and O–H groups in total. The van der Waals surface area contributed by atoms with E-state index < -0.39 is 12.4 Å². The van der Waals surface area contributed by atoms with Gasteiger partial charge in [0.15, 0.2) is 6.29 Å². The van der Waals surface area contributed by atoms with Gasteiger partial charge in [0.2, 0.25) is 0 Å². The Labute approximate surface area is 107 Å². The van der Waals surface area contributed by atoms with Crippen molar-refractivity contribution >= 4 is 0 Å². The average molecular weight is 249 g/mol.